The van der Waals surface area contributed by atoms with Gasteiger partial charge in [-0.1, -0.05) is 12.0 Å². The third kappa shape index (κ3) is 3.69. The Labute approximate surface area is 184 Å². The number of benzene rings is 2. The van der Waals surface area contributed by atoms with Crippen LogP contribution in [-0.4, -0.2) is 31.2 Å². The van der Waals surface area contributed by atoms with Crippen molar-refractivity contribution in [3.05, 3.63) is 51.1 Å². The number of urea groups is 1. The molecule has 1 N–H and O–H groups in total. The van der Waals surface area contributed by atoms with Crippen LogP contribution < -0.4 is 24.4 Å². The number of carbonyl (C=O) groups is 3. The van der Waals surface area contributed by atoms with Crippen LogP contribution in [0.3, 0.4) is 0 Å². The molecule has 0 atom stereocenters. The van der Waals surface area contributed by atoms with E-state index in [0.29, 0.717) is 22.8 Å². The molecule has 0 saturated carbocycles. The summed E-state index contributed by atoms with van der Waals surface area (Å²) in [5.74, 6) is 2.38. The van der Waals surface area contributed by atoms with E-state index < -0.39 is 17.8 Å². The number of hydrogen-bond acceptors (Lipinski definition) is 6. The molecular weight excluding hydrogens is 503 g/mol. The zero-order valence-electron chi connectivity index (χ0n) is 15.3. The lowest BCUT2D eigenvalue weighted by atomic mass is 10.1. The van der Waals surface area contributed by atoms with Crippen molar-refractivity contribution in [2.24, 2.45) is 0 Å². The number of anilines is 1. The first kappa shape index (κ1) is 19.8. The minimum atomic E-state index is -0.839. The predicted octanol–water partition coefficient (Wildman–Crippen LogP) is 2.70. The molecular formula is C21H13IN2O6. The number of halogens is 1. The van der Waals surface area contributed by atoms with E-state index in [2.05, 4.69) is 33.8 Å². The third-order valence-corrected chi connectivity index (χ3v) is 5.14. The topological polar surface area (TPSA) is 94.2 Å². The van der Waals surface area contributed by atoms with Gasteiger partial charge >= 0.3 is 6.03 Å². The molecule has 0 radical (unpaired) electrons. The van der Waals surface area contributed by atoms with E-state index in [1.807, 2.05) is 0 Å². The molecule has 8 nitrogen and oxygen atoms in total. The fourth-order valence-electron chi connectivity index (χ4n) is 2.93. The molecule has 0 unspecified atom stereocenters. The number of fused-ring (bicyclic) bond motifs is 1. The molecule has 4 rings (SSSR count). The van der Waals surface area contributed by atoms with Crippen molar-refractivity contribution < 1.29 is 28.6 Å². The molecule has 2 aromatic carbocycles. The second-order valence-electron chi connectivity index (χ2n) is 6.18. The highest BCUT2D eigenvalue weighted by molar-refractivity contribution is 14.1. The molecule has 2 aliphatic heterocycles. The molecule has 0 aliphatic carbocycles. The van der Waals surface area contributed by atoms with E-state index in [1.165, 1.54) is 12.1 Å². The van der Waals surface area contributed by atoms with Crippen LogP contribution in [0.4, 0.5) is 10.5 Å². The SMILES string of the molecule is C#CCOc1ccc(/C=C2\C(=O)NC(=O)N(c3ccc4c(c3)OCO4)C2=O)cc1I. The lowest BCUT2D eigenvalue weighted by Crippen LogP contribution is -2.54. The van der Waals surface area contributed by atoms with Gasteiger partial charge in [0, 0.05) is 6.07 Å². The van der Waals surface area contributed by atoms with Gasteiger partial charge in [0.1, 0.15) is 17.9 Å². The Morgan fingerprint density at radius 3 is 2.73 bits per heavy atom. The van der Waals surface area contributed by atoms with Gasteiger partial charge in [0.05, 0.1) is 9.26 Å². The molecule has 1 saturated heterocycles. The summed E-state index contributed by atoms with van der Waals surface area (Å²) in [6.45, 7) is 0.187. The van der Waals surface area contributed by atoms with Crippen molar-refractivity contribution in [1.82, 2.24) is 5.32 Å². The number of ether oxygens (including phenoxy) is 3. The molecule has 2 aliphatic rings. The van der Waals surface area contributed by atoms with E-state index in [1.54, 1.807) is 30.3 Å². The molecule has 2 heterocycles. The molecule has 4 amide bonds. The third-order valence-electron chi connectivity index (χ3n) is 4.29. The van der Waals surface area contributed by atoms with E-state index in [9.17, 15) is 14.4 Å². The second-order valence-corrected chi connectivity index (χ2v) is 7.34. The standard InChI is InChI=1S/C21H13IN2O6/c1-2-7-28-16-5-3-12(9-15(16)22)8-14-19(25)23-21(27)24(20(14)26)13-4-6-17-18(10-13)30-11-29-17/h1,3-6,8-10H,7,11H2,(H,23,25,27)/b14-8+. The highest BCUT2D eigenvalue weighted by atomic mass is 127. The fraction of sp³-hybridized carbons (Fsp3) is 0.0952. The number of rotatable bonds is 4. The Morgan fingerprint density at radius 1 is 1.17 bits per heavy atom. The van der Waals surface area contributed by atoms with Crippen LogP contribution in [0.5, 0.6) is 17.2 Å². The van der Waals surface area contributed by atoms with Gasteiger partial charge in [-0.25, -0.2) is 9.69 Å². The predicted molar refractivity (Wildman–Crippen MR) is 115 cm³/mol. The van der Waals surface area contributed by atoms with Crippen molar-refractivity contribution in [3.8, 4) is 29.6 Å². The number of nitrogens with zero attached hydrogens (tertiary/aromatic N) is 1. The first-order valence-electron chi connectivity index (χ1n) is 8.65. The van der Waals surface area contributed by atoms with E-state index in [0.717, 1.165) is 8.47 Å². The van der Waals surface area contributed by atoms with Crippen LogP contribution >= 0.6 is 22.6 Å². The lowest BCUT2D eigenvalue weighted by Gasteiger charge is -2.26. The largest absolute Gasteiger partial charge is 0.480 e. The Kier molecular flexibility index (Phi) is 5.33. The van der Waals surface area contributed by atoms with Gasteiger partial charge in [-0.15, -0.1) is 6.42 Å². The van der Waals surface area contributed by atoms with Crippen molar-refractivity contribution >= 4 is 52.2 Å². The first-order valence-corrected chi connectivity index (χ1v) is 9.72. The minimum absolute atomic E-state index is 0.0578. The second kappa shape index (κ2) is 8.08. The van der Waals surface area contributed by atoms with Gasteiger partial charge in [0.15, 0.2) is 11.5 Å². The van der Waals surface area contributed by atoms with Crippen LogP contribution in [0.15, 0.2) is 42.0 Å². The fourth-order valence-corrected chi connectivity index (χ4v) is 3.62. The molecule has 2 aromatic rings. The van der Waals surface area contributed by atoms with Gasteiger partial charge in [-0.3, -0.25) is 14.9 Å². The summed E-state index contributed by atoms with van der Waals surface area (Å²) in [4.78, 5) is 38.6. The van der Waals surface area contributed by atoms with Crippen molar-refractivity contribution in [2.75, 3.05) is 18.3 Å². The number of hydrogen-bond donors (Lipinski definition) is 1. The van der Waals surface area contributed by atoms with Crippen LogP contribution in [0, 0.1) is 15.9 Å². The van der Waals surface area contributed by atoms with Crippen LogP contribution in [0.2, 0.25) is 0 Å². The van der Waals surface area contributed by atoms with Gasteiger partial charge in [0.25, 0.3) is 11.8 Å². The van der Waals surface area contributed by atoms with Crippen molar-refractivity contribution in [2.45, 2.75) is 0 Å². The number of barbiturate groups is 1. The minimum Gasteiger partial charge on any atom is -0.480 e. The summed E-state index contributed by atoms with van der Waals surface area (Å²) in [5, 5.41) is 2.19. The smallest absolute Gasteiger partial charge is 0.335 e. The van der Waals surface area contributed by atoms with Gasteiger partial charge < -0.3 is 14.2 Å². The molecule has 9 heteroatoms. The van der Waals surface area contributed by atoms with E-state index >= 15 is 0 Å². The van der Waals surface area contributed by atoms with Crippen molar-refractivity contribution in [1.29, 1.82) is 0 Å². The maximum atomic E-state index is 13.0. The maximum absolute atomic E-state index is 13.0. The van der Waals surface area contributed by atoms with E-state index in [4.69, 9.17) is 20.6 Å². The lowest BCUT2D eigenvalue weighted by molar-refractivity contribution is -0.122. The van der Waals surface area contributed by atoms with Crippen LogP contribution in [-0.2, 0) is 9.59 Å². The maximum Gasteiger partial charge on any atom is 0.335 e. The number of nitrogens with one attached hydrogen (secondary N) is 1. The quantitative estimate of drug-likeness (QED) is 0.291. The average molecular weight is 516 g/mol. The number of terminal acetylenes is 1. The molecule has 1 fully saturated rings. The normalized spacial score (nSPS) is 16.5. The van der Waals surface area contributed by atoms with Crippen LogP contribution in [0.1, 0.15) is 5.56 Å². The Hall–Kier alpha value is -3.52. The van der Waals surface area contributed by atoms with Crippen LogP contribution in [0.25, 0.3) is 6.08 Å². The summed E-state index contributed by atoms with van der Waals surface area (Å²) < 4.78 is 16.7. The molecule has 150 valence electrons. The number of carbonyl (C=O) groups excluding carboxylic acids is 3. The summed E-state index contributed by atoms with van der Waals surface area (Å²) in [6, 6.07) is 8.91. The number of imide groups is 2. The van der Waals surface area contributed by atoms with Gasteiger partial charge in [0.2, 0.25) is 6.79 Å². The van der Waals surface area contributed by atoms with Crippen molar-refractivity contribution in [3.63, 3.8) is 0 Å². The Balaban J connectivity index is 1.66. The Morgan fingerprint density at radius 2 is 1.97 bits per heavy atom. The summed E-state index contributed by atoms with van der Waals surface area (Å²) in [6.07, 6.45) is 6.61. The number of amides is 4. The first-order chi connectivity index (χ1) is 14.5. The van der Waals surface area contributed by atoms with Gasteiger partial charge in [-0.2, -0.15) is 0 Å². The summed E-state index contributed by atoms with van der Waals surface area (Å²) in [5.41, 5.74) is 0.666. The highest BCUT2D eigenvalue weighted by Gasteiger charge is 2.37. The summed E-state index contributed by atoms with van der Waals surface area (Å²) >= 11 is 2.07. The van der Waals surface area contributed by atoms with E-state index in [-0.39, 0.29) is 24.7 Å². The zero-order valence-corrected chi connectivity index (χ0v) is 17.5. The average Bonchev–Trinajstić information content (AvgIpc) is 3.18. The molecule has 0 aromatic heterocycles. The summed E-state index contributed by atoms with van der Waals surface area (Å²) in [7, 11) is 0. The monoisotopic (exact) mass is 516 g/mol. The highest BCUT2D eigenvalue weighted by Crippen LogP contribution is 2.36. The molecule has 30 heavy (non-hydrogen) atoms. The zero-order chi connectivity index (χ0) is 21.3. The van der Waals surface area contributed by atoms with Gasteiger partial charge in [-0.05, 0) is 58.5 Å². The molecule has 0 spiro atoms. The Bertz CT molecular complexity index is 1150. The molecule has 0 bridgehead atoms.